The van der Waals surface area contributed by atoms with Crippen molar-refractivity contribution in [1.29, 1.82) is 0 Å². The summed E-state index contributed by atoms with van der Waals surface area (Å²) in [6.45, 7) is 4.70. The summed E-state index contributed by atoms with van der Waals surface area (Å²) in [7, 11) is 1.66. The minimum absolute atomic E-state index is 0. The van der Waals surface area contributed by atoms with Crippen molar-refractivity contribution in [2.45, 2.75) is 6.92 Å². The number of carbonyl (C=O) groups excluding carboxylic acids is 1. The van der Waals surface area contributed by atoms with Crippen LogP contribution in [0.15, 0.2) is 17.6 Å². The third kappa shape index (κ3) is 6.88. The predicted octanol–water partition coefficient (Wildman–Crippen LogP) is 2.26. The minimum Gasteiger partial charge on any atom is -0.383 e. The van der Waals surface area contributed by atoms with Crippen LogP contribution in [-0.4, -0.2) is 49.2 Å². The van der Waals surface area contributed by atoms with Gasteiger partial charge in [0.15, 0.2) is 0 Å². The average Bonchev–Trinajstić information content (AvgIpc) is 3.11. The second kappa shape index (κ2) is 11.4. The van der Waals surface area contributed by atoms with Gasteiger partial charge in [-0.2, -0.15) is 0 Å². The Kier molecular flexibility index (Phi) is 10.9. The van der Waals surface area contributed by atoms with Crippen LogP contribution in [0, 0.1) is 6.92 Å². The molecule has 0 spiro atoms. The first-order valence-electron chi connectivity index (χ1n) is 6.79. The zero-order valence-electron chi connectivity index (χ0n) is 13.0. The summed E-state index contributed by atoms with van der Waals surface area (Å²) in [4.78, 5) is 19.4. The fourth-order valence-corrected chi connectivity index (χ4v) is 2.45. The molecule has 9 heteroatoms. The van der Waals surface area contributed by atoms with Gasteiger partial charge in [0, 0.05) is 43.9 Å². The largest absolute Gasteiger partial charge is 0.383 e. The van der Waals surface area contributed by atoms with Crippen molar-refractivity contribution in [2.75, 3.05) is 33.4 Å². The van der Waals surface area contributed by atoms with E-state index in [0.29, 0.717) is 25.4 Å². The normalized spacial score (nSPS) is 9.83. The smallest absolute Gasteiger partial charge is 0.267 e. The lowest BCUT2D eigenvalue weighted by molar-refractivity contribution is 0.0949. The average molecular weight is 381 g/mol. The lowest BCUT2D eigenvalue weighted by Gasteiger charge is -2.05. The van der Waals surface area contributed by atoms with Gasteiger partial charge in [0.05, 0.1) is 17.3 Å². The number of aryl methyl sites for hydroxylation is 1. The number of carbonyl (C=O) groups is 1. The van der Waals surface area contributed by atoms with Crippen LogP contribution in [0.3, 0.4) is 0 Å². The fraction of sp³-hybridized carbons (Fsp3) is 0.429. The van der Waals surface area contributed by atoms with Gasteiger partial charge in [0.25, 0.3) is 5.91 Å². The molecule has 0 atom stereocenters. The molecule has 0 unspecified atom stereocenters. The van der Waals surface area contributed by atoms with E-state index in [-0.39, 0.29) is 30.7 Å². The van der Waals surface area contributed by atoms with Crippen LogP contribution in [0.5, 0.6) is 0 Å². The van der Waals surface area contributed by atoms with Gasteiger partial charge in [0.2, 0.25) is 0 Å². The summed E-state index contributed by atoms with van der Waals surface area (Å²) in [5.74, 6) is -0.109. The maximum absolute atomic E-state index is 12.0. The van der Waals surface area contributed by atoms with Crippen LogP contribution >= 0.6 is 36.2 Å². The summed E-state index contributed by atoms with van der Waals surface area (Å²) < 4.78 is 4.93. The van der Waals surface area contributed by atoms with Gasteiger partial charge >= 0.3 is 0 Å². The maximum atomic E-state index is 12.0. The minimum atomic E-state index is -0.109. The molecule has 0 saturated heterocycles. The van der Waals surface area contributed by atoms with Gasteiger partial charge in [-0.3, -0.25) is 4.79 Å². The molecule has 2 rings (SSSR count). The van der Waals surface area contributed by atoms with Crippen molar-refractivity contribution in [3.05, 3.63) is 28.3 Å². The summed E-state index contributed by atoms with van der Waals surface area (Å²) in [5.41, 5.74) is 2.38. The number of nitrogens with one attached hydrogen (secondary N) is 3. The standard InChI is InChI=1S/C14H20N4O2S.2ClH/c1-10-18-13(9-21-10)11-7-12(17-8-11)14(19)16-4-3-15-5-6-20-2;;/h7-9,15,17H,3-6H2,1-2H3,(H,16,19);2*1H. The van der Waals surface area contributed by atoms with Crippen molar-refractivity contribution < 1.29 is 9.53 Å². The van der Waals surface area contributed by atoms with Crippen LogP contribution in [0.2, 0.25) is 0 Å². The first-order chi connectivity index (χ1) is 10.2. The number of H-pyrrole nitrogens is 1. The molecule has 0 aromatic carbocycles. The Balaban J connectivity index is 0.00000242. The highest BCUT2D eigenvalue weighted by Crippen LogP contribution is 2.22. The zero-order chi connectivity index (χ0) is 15.1. The Morgan fingerprint density at radius 1 is 1.35 bits per heavy atom. The SMILES string of the molecule is COCCNCCNC(=O)c1cc(-c2csc(C)n2)c[nH]1.Cl.Cl. The number of nitrogens with zero attached hydrogens (tertiary/aromatic N) is 1. The van der Waals surface area contributed by atoms with Crippen molar-refractivity contribution >= 4 is 42.1 Å². The summed E-state index contributed by atoms with van der Waals surface area (Å²) >= 11 is 1.60. The molecule has 0 fully saturated rings. The molecule has 2 aromatic heterocycles. The quantitative estimate of drug-likeness (QED) is 0.613. The Morgan fingerprint density at radius 2 is 2.13 bits per heavy atom. The van der Waals surface area contributed by atoms with E-state index >= 15 is 0 Å². The Morgan fingerprint density at radius 3 is 2.78 bits per heavy atom. The second-order valence-electron chi connectivity index (χ2n) is 4.55. The van der Waals surface area contributed by atoms with Crippen LogP contribution in [0.1, 0.15) is 15.5 Å². The molecule has 6 nitrogen and oxygen atoms in total. The number of ether oxygens (including phenoxy) is 1. The van der Waals surface area contributed by atoms with E-state index in [1.165, 1.54) is 0 Å². The second-order valence-corrected chi connectivity index (χ2v) is 5.61. The number of aromatic amines is 1. The van der Waals surface area contributed by atoms with E-state index in [4.69, 9.17) is 4.74 Å². The number of amides is 1. The molecule has 0 aliphatic carbocycles. The van der Waals surface area contributed by atoms with Gasteiger partial charge in [-0.05, 0) is 13.0 Å². The number of thiazole rings is 1. The highest BCUT2D eigenvalue weighted by atomic mass is 35.5. The number of aromatic nitrogens is 2. The molecular formula is C14H22Cl2N4O2S. The van der Waals surface area contributed by atoms with E-state index in [1.807, 2.05) is 18.4 Å². The van der Waals surface area contributed by atoms with Gasteiger partial charge in [-0.15, -0.1) is 36.2 Å². The molecule has 130 valence electrons. The van der Waals surface area contributed by atoms with E-state index < -0.39 is 0 Å². The first kappa shape index (κ1) is 21.9. The monoisotopic (exact) mass is 380 g/mol. The predicted molar refractivity (Wildman–Crippen MR) is 98.2 cm³/mol. The Hall–Kier alpha value is -1.12. The Labute approximate surface area is 152 Å². The molecule has 0 aliphatic heterocycles. The fourth-order valence-electron chi connectivity index (χ4n) is 1.83. The molecule has 1 amide bonds. The highest BCUT2D eigenvalue weighted by Gasteiger charge is 2.10. The third-order valence-electron chi connectivity index (χ3n) is 2.91. The van der Waals surface area contributed by atoms with Gasteiger partial charge < -0.3 is 20.4 Å². The van der Waals surface area contributed by atoms with E-state index in [1.54, 1.807) is 24.6 Å². The highest BCUT2D eigenvalue weighted by molar-refractivity contribution is 7.09. The lowest BCUT2D eigenvalue weighted by atomic mass is 10.2. The van der Waals surface area contributed by atoms with Crippen molar-refractivity contribution in [1.82, 2.24) is 20.6 Å². The molecule has 2 heterocycles. The third-order valence-corrected chi connectivity index (χ3v) is 3.69. The lowest BCUT2D eigenvalue weighted by Crippen LogP contribution is -2.33. The molecular weight excluding hydrogens is 359 g/mol. The van der Waals surface area contributed by atoms with Gasteiger partial charge in [-0.25, -0.2) is 4.98 Å². The Bertz CT molecular complexity index is 589. The summed E-state index contributed by atoms with van der Waals surface area (Å²) in [6, 6.07) is 1.82. The summed E-state index contributed by atoms with van der Waals surface area (Å²) in [6.07, 6.45) is 1.81. The van der Waals surface area contributed by atoms with Crippen molar-refractivity contribution in [3.8, 4) is 11.3 Å². The van der Waals surface area contributed by atoms with Crippen molar-refractivity contribution in [2.24, 2.45) is 0 Å². The van der Waals surface area contributed by atoms with Crippen LogP contribution in [-0.2, 0) is 4.74 Å². The molecule has 0 saturated carbocycles. The number of hydrogen-bond donors (Lipinski definition) is 3. The van der Waals surface area contributed by atoms with Gasteiger partial charge in [0.1, 0.15) is 5.69 Å². The molecule has 0 aliphatic rings. The first-order valence-corrected chi connectivity index (χ1v) is 7.67. The number of methoxy groups -OCH3 is 1. The topological polar surface area (TPSA) is 79.0 Å². The van der Waals surface area contributed by atoms with Gasteiger partial charge in [-0.1, -0.05) is 0 Å². The molecule has 23 heavy (non-hydrogen) atoms. The molecule has 2 aromatic rings. The molecule has 0 radical (unpaired) electrons. The molecule has 3 N–H and O–H groups in total. The van der Waals surface area contributed by atoms with E-state index in [2.05, 4.69) is 20.6 Å². The van der Waals surface area contributed by atoms with Crippen LogP contribution in [0.4, 0.5) is 0 Å². The molecule has 0 bridgehead atoms. The summed E-state index contributed by atoms with van der Waals surface area (Å²) in [5, 5.41) is 9.02. The van der Waals surface area contributed by atoms with Crippen LogP contribution in [0.25, 0.3) is 11.3 Å². The number of hydrogen-bond acceptors (Lipinski definition) is 5. The van der Waals surface area contributed by atoms with Crippen molar-refractivity contribution in [3.63, 3.8) is 0 Å². The zero-order valence-corrected chi connectivity index (χ0v) is 15.5. The van der Waals surface area contributed by atoms with E-state index in [0.717, 1.165) is 22.8 Å². The van der Waals surface area contributed by atoms with Crippen LogP contribution < -0.4 is 10.6 Å². The van der Waals surface area contributed by atoms with E-state index in [9.17, 15) is 4.79 Å². The number of rotatable bonds is 8. The maximum Gasteiger partial charge on any atom is 0.267 e. The number of halogens is 2.